The molecule has 1 aliphatic carbocycles. The monoisotopic (exact) mass is 240 g/mol. The summed E-state index contributed by atoms with van der Waals surface area (Å²) < 4.78 is 5.23. The first-order valence-corrected chi connectivity index (χ1v) is 6.81. The molecule has 2 rings (SSSR count). The SMILES string of the molecule is CCCC(COC)N1CCC(NC2CC2)C1=O. The van der Waals surface area contributed by atoms with E-state index in [2.05, 4.69) is 12.2 Å². The first-order valence-electron chi connectivity index (χ1n) is 6.81. The smallest absolute Gasteiger partial charge is 0.240 e. The molecule has 1 heterocycles. The highest BCUT2D eigenvalue weighted by molar-refractivity contribution is 5.84. The Morgan fingerprint density at radius 2 is 2.24 bits per heavy atom. The summed E-state index contributed by atoms with van der Waals surface area (Å²) in [7, 11) is 1.71. The summed E-state index contributed by atoms with van der Waals surface area (Å²) in [6, 6.07) is 0.943. The van der Waals surface area contributed by atoms with Crippen LogP contribution in [-0.2, 0) is 9.53 Å². The van der Waals surface area contributed by atoms with Crippen molar-refractivity contribution in [3.8, 4) is 0 Å². The van der Waals surface area contributed by atoms with Crippen LogP contribution in [0.3, 0.4) is 0 Å². The van der Waals surface area contributed by atoms with E-state index in [4.69, 9.17) is 4.74 Å². The van der Waals surface area contributed by atoms with Crippen molar-refractivity contribution >= 4 is 5.91 Å². The Kier molecular flexibility index (Phi) is 4.40. The maximum absolute atomic E-state index is 12.3. The van der Waals surface area contributed by atoms with Gasteiger partial charge in [-0.1, -0.05) is 13.3 Å². The Morgan fingerprint density at radius 3 is 2.82 bits per heavy atom. The summed E-state index contributed by atoms with van der Waals surface area (Å²) in [6.07, 6.45) is 5.56. The van der Waals surface area contributed by atoms with Gasteiger partial charge in [-0.2, -0.15) is 0 Å². The maximum atomic E-state index is 12.3. The summed E-state index contributed by atoms with van der Waals surface area (Å²) in [5.41, 5.74) is 0. The molecule has 0 spiro atoms. The fourth-order valence-corrected chi connectivity index (χ4v) is 2.61. The predicted octanol–water partition coefficient (Wildman–Crippen LogP) is 1.15. The second-order valence-electron chi connectivity index (χ2n) is 5.21. The lowest BCUT2D eigenvalue weighted by molar-refractivity contribution is -0.132. The normalized spacial score (nSPS) is 26.6. The second-order valence-corrected chi connectivity index (χ2v) is 5.21. The van der Waals surface area contributed by atoms with Crippen molar-refractivity contribution in [2.75, 3.05) is 20.3 Å². The van der Waals surface area contributed by atoms with E-state index in [0.717, 1.165) is 25.8 Å². The van der Waals surface area contributed by atoms with Gasteiger partial charge in [-0.05, 0) is 25.7 Å². The van der Waals surface area contributed by atoms with Gasteiger partial charge in [0.25, 0.3) is 0 Å². The quantitative estimate of drug-likeness (QED) is 0.726. The van der Waals surface area contributed by atoms with Gasteiger partial charge in [-0.25, -0.2) is 0 Å². The number of nitrogens with one attached hydrogen (secondary N) is 1. The van der Waals surface area contributed by atoms with Crippen LogP contribution in [0.15, 0.2) is 0 Å². The van der Waals surface area contributed by atoms with E-state index in [1.165, 1.54) is 12.8 Å². The van der Waals surface area contributed by atoms with E-state index in [1.807, 2.05) is 4.90 Å². The van der Waals surface area contributed by atoms with Crippen LogP contribution in [0, 0.1) is 0 Å². The van der Waals surface area contributed by atoms with E-state index >= 15 is 0 Å². The highest BCUT2D eigenvalue weighted by atomic mass is 16.5. The number of rotatable bonds is 7. The number of ether oxygens (including phenoxy) is 1. The summed E-state index contributed by atoms with van der Waals surface area (Å²) in [4.78, 5) is 14.3. The Morgan fingerprint density at radius 1 is 1.47 bits per heavy atom. The molecule has 0 aromatic rings. The number of hydrogen-bond donors (Lipinski definition) is 1. The van der Waals surface area contributed by atoms with Gasteiger partial charge in [0.2, 0.25) is 5.91 Å². The highest BCUT2D eigenvalue weighted by Gasteiger charge is 2.38. The standard InChI is InChI=1S/C13H24N2O2/c1-3-4-11(9-17-2)15-8-7-12(13(15)16)14-10-5-6-10/h10-12,14H,3-9H2,1-2H3. The number of carbonyl (C=O) groups is 1. The van der Waals surface area contributed by atoms with E-state index in [0.29, 0.717) is 12.6 Å². The van der Waals surface area contributed by atoms with Gasteiger partial charge in [0, 0.05) is 19.7 Å². The minimum Gasteiger partial charge on any atom is -0.383 e. The fraction of sp³-hybridized carbons (Fsp3) is 0.923. The zero-order chi connectivity index (χ0) is 12.3. The van der Waals surface area contributed by atoms with Crippen molar-refractivity contribution < 1.29 is 9.53 Å². The Labute approximate surface area is 104 Å². The van der Waals surface area contributed by atoms with Gasteiger partial charge in [-0.3, -0.25) is 4.79 Å². The van der Waals surface area contributed by atoms with E-state index in [1.54, 1.807) is 7.11 Å². The molecule has 2 atom stereocenters. The summed E-state index contributed by atoms with van der Waals surface area (Å²) in [5, 5.41) is 3.44. The lowest BCUT2D eigenvalue weighted by Crippen LogP contribution is -2.45. The molecule has 0 aromatic carbocycles. The zero-order valence-corrected chi connectivity index (χ0v) is 10.9. The van der Waals surface area contributed by atoms with Gasteiger partial charge in [0.05, 0.1) is 18.7 Å². The largest absolute Gasteiger partial charge is 0.383 e. The molecular weight excluding hydrogens is 216 g/mol. The van der Waals surface area contributed by atoms with Gasteiger partial charge < -0.3 is 15.0 Å². The maximum Gasteiger partial charge on any atom is 0.240 e. The van der Waals surface area contributed by atoms with Gasteiger partial charge in [0.15, 0.2) is 0 Å². The van der Waals surface area contributed by atoms with Crippen LogP contribution < -0.4 is 5.32 Å². The van der Waals surface area contributed by atoms with Crippen molar-refractivity contribution in [3.63, 3.8) is 0 Å². The summed E-state index contributed by atoms with van der Waals surface area (Å²) >= 11 is 0. The number of likely N-dealkylation sites (tertiary alicyclic amines) is 1. The number of hydrogen-bond acceptors (Lipinski definition) is 3. The van der Waals surface area contributed by atoms with Crippen molar-refractivity contribution in [1.82, 2.24) is 10.2 Å². The van der Waals surface area contributed by atoms with Crippen LogP contribution >= 0.6 is 0 Å². The molecule has 17 heavy (non-hydrogen) atoms. The lowest BCUT2D eigenvalue weighted by atomic mass is 10.1. The average Bonchev–Trinajstić information content (AvgIpc) is 3.05. The molecule has 0 aromatic heterocycles. The van der Waals surface area contributed by atoms with Crippen molar-refractivity contribution in [3.05, 3.63) is 0 Å². The Hall–Kier alpha value is -0.610. The average molecular weight is 240 g/mol. The number of amides is 1. The Bertz CT molecular complexity index is 260. The van der Waals surface area contributed by atoms with Crippen LogP contribution in [0.25, 0.3) is 0 Å². The summed E-state index contributed by atoms with van der Waals surface area (Å²) in [5.74, 6) is 0.285. The molecule has 1 saturated heterocycles. The van der Waals surface area contributed by atoms with Crippen molar-refractivity contribution in [2.24, 2.45) is 0 Å². The Balaban J connectivity index is 1.88. The molecule has 0 bridgehead atoms. The molecule has 2 fully saturated rings. The van der Waals surface area contributed by atoms with Crippen LogP contribution in [-0.4, -0.2) is 49.2 Å². The van der Waals surface area contributed by atoms with E-state index in [-0.39, 0.29) is 18.0 Å². The first kappa shape index (κ1) is 12.8. The fourth-order valence-electron chi connectivity index (χ4n) is 2.61. The van der Waals surface area contributed by atoms with Crippen molar-refractivity contribution in [1.29, 1.82) is 0 Å². The molecule has 1 saturated carbocycles. The zero-order valence-electron chi connectivity index (χ0n) is 10.9. The third kappa shape index (κ3) is 3.19. The molecule has 4 nitrogen and oxygen atoms in total. The van der Waals surface area contributed by atoms with Crippen LogP contribution in [0.2, 0.25) is 0 Å². The third-order valence-corrected chi connectivity index (χ3v) is 3.68. The minimum absolute atomic E-state index is 0.0683. The molecule has 1 aliphatic heterocycles. The van der Waals surface area contributed by atoms with Crippen LogP contribution in [0.5, 0.6) is 0 Å². The molecule has 1 N–H and O–H groups in total. The molecule has 2 aliphatic rings. The predicted molar refractivity (Wildman–Crippen MR) is 66.8 cm³/mol. The number of methoxy groups -OCH3 is 1. The lowest BCUT2D eigenvalue weighted by Gasteiger charge is -2.27. The van der Waals surface area contributed by atoms with Crippen molar-refractivity contribution in [2.45, 2.75) is 57.2 Å². The van der Waals surface area contributed by atoms with E-state index < -0.39 is 0 Å². The third-order valence-electron chi connectivity index (χ3n) is 3.68. The van der Waals surface area contributed by atoms with Gasteiger partial charge in [0.1, 0.15) is 0 Å². The topological polar surface area (TPSA) is 41.6 Å². The van der Waals surface area contributed by atoms with Gasteiger partial charge >= 0.3 is 0 Å². The van der Waals surface area contributed by atoms with Crippen LogP contribution in [0.1, 0.15) is 39.0 Å². The first-order chi connectivity index (χ1) is 8.26. The minimum atomic E-state index is 0.0683. The van der Waals surface area contributed by atoms with Gasteiger partial charge in [-0.15, -0.1) is 0 Å². The molecule has 0 radical (unpaired) electrons. The molecule has 4 heteroatoms. The summed E-state index contributed by atoms with van der Waals surface area (Å²) in [6.45, 7) is 3.70. The number of nitrogens with zero attached hydrogens (tertiary/aromatic N) is 1. The number of carbonyl (C=O) groups excluding carboxylic acids is 1. The molecular formula is C13H24N2O2. The molecule has 1 amide bonds. The van der Waals surface area contributed by atoms with Crippen LogP contribution in [0.4, 0.5) is 0 Å². The molecule has 2 unspecified atom stereocenters. The highest BCUT2D eigenvalue weighted by Crippen LogP contribution is 2.24. The van der Waals surface area contributed by atoms with E-state index in [9.17, 15) is 4.79 Å². The second kappa shape index (κ2) is 5.83. The molecule has 98 valence electrons.